The van der Waals surface area contributed by atoms with E-state index in [0.717, 1.165) is 22.6 Å². The lowest BCUT2D eigenvalue weighted by atomic mass is 10.0. The van der Waals surface area contributed by atoms with E-state index in [0.29, 0.717) is 0 Å². The van der Waals surface area contributed by atoms with Crippen molar-refractivity contribution in [2.24, 2.45) is 0 Å². The van der Waals surface area contributed by atoms with Gasteiger partial charge in [0.1, 0.15) is 0 Å². The number of hydrogen-bond donors (Lipinski definition) is 0. The van der Waals surface area contributed by atoms with Crippen molar-refractivity contribution in [1.82, 2.24) is 0 Å². The van der Waals surface area contributed by atoms with Crippen LogP contribution >= 0.6 is 15.8 Å². The van der Waals surface area contributed by atoms with E-state index in [4.69, 9.17) is 0 Å². The van der Waals surface area contributed by atoms with Crippen molar-refractivity contribution in [3.05, 3.63) is 144 Å². The maximum atomic E-state index is 2.40. The zero-order valence-electron chi connectivity index (χ0n) is 21.0. The van der Waals surface area contributed by atoms with Gasteiger partial charge in [-0.15, -0.1) is 0 Å². The van der Waals surface area contributed by atoms with Gasteiger partial charge in [-0.3, -0.25) is 0 Å². The van der Waals surface area contributed by atoms with Crippen molar-refractivity contribution in [3.63, 3.8) is 0 Å². The number of benzene rings is 4. The molecule has 2 aliphatic heterocycles. The van der Waals surface area contributed by atoms with Crippen LogP contribution in [0.15, 0.2) is 121 Å². The lowest BCUT2D eigenvalue weighted by molar-refractivity contribution is 0.765. The summed E-state index contributed by atoms with van der Waals surface area (Å²) in [6, 6.07) is 45.8. The monoisotopic (exact) mass is 506 g/mol. The van der Waals surface area contributed by atoms with Crippen LogP contribution in [0, 0.1) is 0 Å². The molecule has 4 aromatic carbocycles. The maximum absolute atomic E-state index is 2.40. The van der Waals surface area contributed by atoms with E-state index >= 15 is 0 Å². The molecule has 2 saturated heterocycles. The van der Waals surface area contributed by atoms with Gasteiger partial charge in [0, 0.05) is 22.6 Å². The summed E-state index contributed by atoms with van der Waals surface area (Å²) in [4.78, 5) is 0. The molecule has 0 radical (unpaired) electrons. The molecule has 2 heterocycles. The Bertz CT molecular complexity index is 1020. The van der Waals surface area contributed by atoms with Crippen molar-refractivity contribution < 1.29 is 0 Å². The highest BCUT2D eigenvalue weighted by Crippen LogP contribution is 2.75. The molecule has 0 aliphatic carbocycles. The Morgan fingerprint density at radius 2 is 0.583 bits per heavy atom. The van der Waals surface area contributed by atoms with Crippen LogP contribution in [0.25, 0.3) is 0 Å². The summed E-state index contributed by atoms with van der Waals surface area (Å²) in [7, 11) is -0.201. The molecule has 0 aromatic heterocycles. The van der Waals surface area contributed by atoms with Gasteiger partial charge in [0.15, 0.2) is 0 Å². The second-order valence-electron chi connectivity index (χ2n) is 10.3. The average Bonchev–Trinajstić information content (AvgIpc) is 3.58. The Hall–Kier alpha value is -2.26. The van der Waals surface area contributed by atoms with Gasteiger partial charge in [-0.1, -0.05) is 137 Å². The van der Waals surface area contributed by atoms with Crippen LogP contribution in [0.5, 0.6) is 0 Å². The van der Waals surface area contributed by atoms with Crippen LogP contribution in [0.1, 0.15) is 70.6 Å². The molecule has 0 saturated carbocycles. The fraction of sp³-hybridized carbons (Fsp3) is 0.294. The SMILES string of the molecule is c1ccc(C2CC[C@@H](c3ccccc3)P2CCP2[C@H](c3ccccc3)CC[C@H]2c2ccccc2)cc1. The van der Waals surface area contributed by atoms with E-state index in [1.54, 1.807) is 22.3 Å². The minimum absolute atomic E-state index is 0.100. The first-order valence-electron chi connectivity index (χ1n) is 13.6. The second-order valence-corrected chi connectivity index (χ2v) is 15.8. The first-order valence-corrected chi connectivity index (χ1v) is 16.9. The van der Waals surface area contributed by atoms with Crippen molar-refractivity contribution in [2.45, 2.75) is 48.3 Å². The van der Waals surface area contributed by atoms with E-state index < -0.39 is 0 Å². The van der Waals surface area contributed by atoms with E-state index in [9.17, 15) is 0 Å². The van der Waals surface area contributed by atoms with Gasteiger partial charge in [-0.25, -0.2) is 0 Å². The molecule has 4 aromatic rings. The summed E-state index contributed by atoms with van der Waals surface area (Å²) in [6.07, 6.45) is 8.20. The first-order chi connectivity index (χ1) is 17.9. The topological polar surface area (TPSA) is 0 Å². The van der Waals surface area contributed by atoms with Crippen LogP contribution in [-0.4, -0.2) is 12.3 Å². The van der Waals surface area contributed by atoms with E-state index in [1.807, 2.05) is 0 Å². The molecule has 2 fully saturated rings. The standard InChI is InChI=1S/C34H36P2/c1-5-13-27(14-6-1)31-21-22-32(28-15-7-2-8-16-28)35(31)25-26-36-33(29-17-9-3-10-18-29)23-24-34(36)30-19-11-4-12-20-30/h1-20,31-34H,21-26H2/t31-,32-,33-,34?,36?/m0/s1. The third kappa shape index (κ3) is 5.09. The average molecular weight is 507 g/mol. The molecular weight excluding hydrogens is 470 g/mol. The largest absolute Gasteiger partial charge is 0.0910 e. The zero-order valence-corrected chi connectivity index (χ0v) is 22.8. The third-order valence-corrected chi connectivity index (χ3v) is 15.6. The Morgan fingerprint density at radius 3 is 0.806 bits per heavy atom. The van der Waals surface area contributed by atoms with Gasteiger partial charge >= 0.3 is 0 Å². The fourth-order valence-corrected chi connectivity index (χ4v) is 14.8. The zero-order chi connectivity index (χ0) is 24.2. The minimum Gasteiger partial charge on any atom is -0.0910 e. The van der Waals surface area contributed by atoms with Crippen molar-refractivity contribution in [3.8, 4) is 0 Å². The molecule has 6 rings (SSSR count). The lowest BCUT2D eigenvalue weighted by Gasteiger charge is -2.32. The molecule has 2 aliphatic rings. The first kappa shape index (κ1) is 24.1. The van der Waals surface area contributed by atoms with Crippen molar-refractivity contribution >= 4 is 15.8 Å². The Morgan fingerprint density at radius 1 is 0.361 bits per heavy atom. The van der Waals surface area contributed by atoms with Crippen LogP contribution in [0.3, 0.4) is 0 Å². The van der Waals surface area contributed by atoms with E-state index in [-0.39, 0.29) is 15.8 Å². The summed E-state index contributed by atoms with van der Waals surface area (Å²) in [5, 5.41) is 0. The Labute approximate surface area is 219 Å². The quantitative estimate of drug-likeness (QED) is 0.219. The smallest absolute Gasteiger partial charge is 0.00477 e. The molecule has 0 spiro atoms. The van der Waals surface area contributed by atoms with Crippen LogP contribution in [0.2, 0.25) is 0 Å². The van der Waals surface area contributed by atoms with Gasteiger partial charge in [0.05, 0.1) is 0 Å². The molecule has 182 valence electrons. The minimum atomic E-state index is -0.100. The Balaban J connectivity index is 1.30. The van der Waals surface area contributed by atoms with Gasteiger partial charge < -0.3 is 0 Å². The van der Waals surface area contributed by atoms with Gasteiger partial charge in [-0.2, -0.15) is 0 Å². The molecule has 36 heavy (non-hydrogen) atoms. The summed E-state index contributed by atoms with van der Waals surface area (Å²) < 4.78 is 0. The summed E-state index contributed by atoms with van der Waals surface area (Å²) in [5.41, 5.74) is 9.31. The molecule has 2 unspecified atom stereocenters. The van der Waals surface area contributed by atoms with Crippen LogP contribution in [0.4, 0.5) is 0 Å². The van der Waals surface area contributed by atoms with Crippen LogP contribution < -0.4 is 0 Å². The molecular formula is C34H36P2. The number of hydrogen-bond acceptors (Lipinski definition) is 0. The normalized spacial score (nSPS) is 26.3. The van der Waals surface area contributed by atoms with Gasteiger partial charge in [-0.05, 0) is 60.3 Å². The molecule has 0 N–H and O–H groups in total. The number of rotatable bonds is 7. The van der Waals surface area contributed by atoms with Crippen LogP contribution in [-0.2, 0) is 0 Å². The predicted octanol–water partition coefficient (Wildman–Crippen LogP) is 10.5. The predicted molar refractivity (Wildman–Crippen MR) is 159 cm³/mol. The highest BCUT2D eigenvalue weighted by atomic mass is 31.1. The highest BCUT2D eigenvalue weighted by Gasteiger charge is 2.41. The Kier molecular flexibility index (Phi) is 7.65. The molecule has 5 atom stereocenters. The highest BCUT2D eigenvalue weighted by molar-refractivity contribution is 7.62. The second kappa shape index (κ2) is 11.4. The lowest BCUT2D eigenvalue weighted by Crippen LogP contribution is -2.05. The van der Waals surface area contributed by atoms with E-state index in [1.165, 1.54) is 38.0 Å². The van der Waals surface area contributed by atoms with Crippen molar-refractivity contribution in [2.75, 3.05) is 12.3 Å². The van der Waals surface area contributed by atoms with Gasteiger partial charge in [0.2, 0.25) is 0 Å². The summed E-state index contributed by atoms with van der Waals surface area (Å²) in [5.74, 6) is 0. The molecule has 0 amide bonds. The maximum Gasteiger partial charge on any atom is 0.00477 e. The third-order valence-electron chi connectivity index (χ3n) is 8.38. The summed E-state index contributed by atoms with van der Waals surface area (Å²) in [6.45, 7) is 0. The van der Waals surface area contributed by atoms with E-state index in [2.05, 4.69) is 121 Å². The summed E-state index contributed by atoms with van der Waals surface area (Å²) >= 11 is 0. The fourth-order valence-electron chi connectivity index (χ4n) is 6.72. The molecule has 2 heteroatoms. The molecule has 0 bridgehead atoms. The molecule has 0 nitrogen and oxygen atoms in total. The van der Waals surface area contributed by atoms with Crippen molar-refractivity contribution in [1.29, 1.82) is 0 Å². The van der Waals surface area contributed by atoms with Gasteiger partial charge in [0.25, 0.3) is 0 Å².